The molecule has 0 aliphatic carbocycles. The SMILES string of the molecule is Cc1ccc(C)c([S+](C)CC(=O)c2ccccc2)c1.FC(F)(F)c1cc([B-](c2cc(C(F)(F)F)cc(C(F)(F)F)c2)(c2cc(C(F)(F)F)cc(C(F)(F)F)c2)c2cc(C(F)(F)F)cc(C(F)(F)F)c2)cc(C(F)(F)F)c1. The average Bonchev–Trinajstić information content (AvgIpc) is 3.28. The van der Waals surface area contributed by atoms with Gasteiger partial charge in [-0.15, -0.1) is 0 Å². The number of hydrogen-bond acceptors (Lipinski definition) is 1. The summed E-state index contributed by atoms with van der Waals surface area (Å²) in [6.45, 7) is 4.21. The maximum atomic E-state index is 14.2. The first-order valence-corrected chi connectivity index (χ1v) is 22.8. The van der Waals surface area contributed by atoms with Gasteiger partial charge in [0.25, 0.3) is 0 Å². The molecule has 1 unspecified atom stereocenters. The van der Waals surface area contributed by atoms with Crippen molar-refractivity contribution < 1.29 is 110 Å². The van der Waals surface area contributed by atoms with E-state index in [-0.39, 0.29) is 16.7 Å². The van der Waals surface area contributed by atoms with Crippen molar-refractivity contribution in [3.8, 4) is 0 Å². The van der Waals surface area contributed by atoms with E-state index in [1.807, 2.05) is 30.3 Å². The van der Waals surface area contributed by atoms with Crippen LogP contribution in [0.5, 0.6) is 0 Å². The second-order valence-electron chi connectivity index (χ2n) is 17.1. The van der Waals surface area contributed by atoms with Gasteiger partial charge in [0.1, 0.15) is 12.4 Å². The van der Waals surface area contributed by atoms with Crippen LogP contribution in [0.1, 0.15) is 66.0 Å². The fraction of sp³-hybridized carbons (Fsp3) is 0.245. The van der Waals surface area contributed by atoms with Crippen LogP contribution in [0.3, 0.4) is 0 Å². The lowest BCUT2D eigenvalue weighted by molar-refractivity contribution is -0.144. The predicted molar refractivity (Wildman–Crippen MR) is 233 cm³/mol. The zero-order chi connectivity index (χ0) is 57.7. The fourth-order valence-electron chi connectivity index (χ4n) is 8.14. The van der Waals surface area contributed by atoms with Crippen molar-refractivity contribution in [3.05, 3.63) is 183 Å². The third-order valence-corrected chi connectivity index (χ3v) is 13.5. The van der Waals surface area contributed by atoms with Crippen molar-refractivity contribution in [2.45, 2.75) is 68.2 Å². The Hall–Kier alpha value is -6.28. The quantitative estimate of drug-likeness (QED) is 0.0642. The van der Waals surface area contributed by atoms with Crippen LogP contribution in [0.15, 0.2) is 126 Å². The van der Waals surface area contributed by atoms with Crippen LogP contribution in [0.2, 0.25) is 0 Å². The zero-order valence-corrected chi connectivity index (χ0v) is 39.0. The number of ketones is 1. The van der Waals surface area contributed by atoms with Crippen LogP contribution < -0.4 is 21.9 Å². The van der Waals surface area contributed by atoms with Crippen molar-refractivity contribution in [2.75, 3.05) is 12.0 Å². The lowest BCUT2D eigenvalue weighted by atomic mass is 9.12. The van der Waals surface area contributed by atoms with Gasteiger partial charge in [-0.25, -0.2) is 0 Å². The lowest BCUT2D eigenvalue weighted by Crippen LogP contribution is -2.75. The fourth-order valence-corrected chi connectivity index (χ4v) is 9.86. The third kappa shape index (κ3) is 14.0. The molecule has 1 atom stereocenters. The smallest absolute Gasteiger partial charge is 0.289 e. The van der Waals surface area contributed by atoms with Gasteiger partial charge in [0.15, 0.2) is 10.6 Å². The molecule has 0 heterocycles. The highest BCUT2D eigenvalue weighted by molar-refractivity contribution is 7.97. The summed E-state index contributed by atoms with van der Waals surface area (Å²) in [5.74, 6) is 0.821. The van der Waals surface area contributed by atoms with Gasteiger partial charge in [-0.1, -0.05) is 91.0 Å². The molecule has 6 aromatic rings. The summed E-state index contributed by atoms with van der Waals surface area (Å²) in [6.07, 6.45) is -52.7. The largest absolute Gasteiger partial charge is 0.416 e. The molecule has 1 nitrogen and oxygen atoms in total. The maximum absolute atomic E-state index is 14.2. The highest BCUT2D eigenvalue weighted by Crippen LogP contribution is 2.41. The number of Topliss-reactive ketones (excluding diaryl/α,β-unsaturated/α-hetero) is 1. The molecule has 0 radical (unpaired) electrons. The van der Waals surface area contributed by atoms with Crippen molar-refractivity contribution in [1.82, 2.24) is 0 Å². The molecular formula is C49H31BF24OS. The molecule has 6 rings (SSSR count). The Morgan fingerprint density at radius 1 is 0.368 bits per heavy atom. The van der Waals surface area contributed by atoms with Gasteiger partial charge < -0.3 is 0 Å². The molecule has 0 saturated heterocycles. The molecule has 0 fully saturated rings. The maximum Gasteiger partial charge on any atom is 0.416 e. The van der Waals surface area contributed by atoms with Crippen LogP contribution in [-0.2, 0) is 60.3 Å². The highest BCUT2D eigenvalue weighted by Gasteiger charge is 2.47. The van der Waals surface area contributed by atoms with E-state index in [9.17, 15) is 110 Å². The van der Waals surface area contributed by atoms with Gasteiger partial charge in [-0.2, -0.15) is 127 Å². The van der Waals surface area contributed by atoms with E-state index in [0.717, 1.165) is 5.56 Å². The van der Waals surface area contributed by atoms with Crippen LogP contribution in [0.25, 0.3) is 0 Å². The minimum absolute atomic E-state index is 0.0354. The summed E-state index contributed by atoms with van der Waals surface area (Å²) in [5.41, 5.74) is -26.9. The molecule has 0 N–H and O–H groups in total. The zero-order valence-electron chi connectivity index (χ0n) is 38.2. The molecule has 0 spiro atoms. The second-order valence-corrected chi connectivity index (χ2v) is 19.1. The van der Waals surface area contributed by atoms with Gasteiger partial charge in [0.05, 0.1) is 44.5 Å². The normalized spacial score (nSPS) is 13.8. The first-order chi connectivity index (χ1) is 34.3. The third-order valence-electron chi connectivity index (χ3n) is 11.6. The molecule has 410 valence electrons. The summed E-state index contributed by atoms with van der Waals surface area (Å²) in [7, 11) is -0.0354. The van der Waals surface area contributed by atoms with Crippen LogP contribution in [0.4, 0.5) is 105 Å². The number of carbonyl (C=O) groups excluding carboxylic acids is 1. The number of carbonyl (C=O) groups is 1. The molecule has 0 aromatic heterocycles. The minimum atomic E-state index is -6.13. The summed E-state index contributed by atoms with van der Waals surface area (Å²) in [6, 6.07) is 7.21. The number of alkyl halides is 24. The van der Waals surface area contributed by atoms with Gasteiger partial charge in [0.2, 0.25) is 5.78 Å². The van der Waals surface area contributed by atoms with Crippen LogP contribution in [-0.4, -0.2) is 23.9 Å². The van der Waals surface area contributed by atoms with Crippen LogP contribution in [0, 0.1) is 13.8 Å². The Labute approximate surface area is 416 Å². The topological polar surface area (TPSA) is 17.1 Å². The van der Waals surface area contributed by atoms with Gasteiger partial charge in [-0.05, 0) is 49.7 Å². The summed E-state index contributed by atoms with van der Waals surface area (Å²) >= 11 is 0. The molecule has 0 bridgehead atoms. The van der Waals surface area contributed by atoms with Gasteiger partial charge >= 0.3 is 49.4 Å². The second kappa shape index (κ2) is 20.9. The van der Waals surface area contributed by atoms with Gasteiger partial charge in [0, 0.05) is 22.0 Å². The lowest BCUT2D eigenvalue weighted by Gasteiger charge is -2.46. The highest BCUT2D eigenvalue weighted by atomic mass is 32.2. The molecule has 6 aromatic carbocycles. The minimum Gasteiger partial charge on any atom is -0.289 e. The molecule has 0 amide bonds. The number of benzene rings is 6. The molecule has 27 heteroatoms. The Morgan fingerprint density at radius 3 is 0.855 bits per heavy atom. The van der Waals surface area contributed by atoms with E-state index in [2.05, 4.69) is 38.3 Å². The van der Waals surface area contributed by atoms with E-state index in [0.29, 0.717) is 5.75 Å². The van der Waals surface area contributed by atoms with Crippen molar-refractivity contribution in [3.63, 3.8) is 0 Å². The number of halogens is 24. The average molecular weight is 1130 g/mol. The van der Waals surface area contributed by atoms with Crippen molar-refractivity contribution in [1.29, 1.82) is 0 Å². The first kappa shape index (κ1) is 60.6. The monoisotopic (exact) mass is 1130 g/mol. The van der Waals surface area contributed by atoms with E-state index in [4.69, 9.17) is 0 Å². The van der Waals surface area contributed by atoms with E-state index in [1.54, 1.807) is 0 Å². The number of hydrogen-bond donors (Lipinski definition) is 0. The summed E-state index contributed by atoms with van der Waals surface area (Å²) in [5, 5.41) is 0. The van der Waals surface area contributed by atoms with Crippen molar-refractivity contribution >= 4 is 44.7 Å². The summed E-state index contributed by atoms with van der Waals surface area (Å²) < 4.78 is 341. The van der Waals surface area contributed by atoms with E-state index < -0.39 is 195 Å². The van der Waals surface area contributed by atoms with E-state index in [1.165, 1.54) is 16.0 Å². The Morgan fingerprint density at radius 2 is 0.618 bits per heavy atom. The van der Waals surface area contributed by atoms with Crippen LogP contribution >= 0.6 is 0 Å². The Kier molecular flexibility index (Phi) is 16.7. The molecular weight excluding hydrogens is 1100 g/mol. The Balaban J connectivity index is 0.000000468. The number of aryl methyl sites for hydroxylation is 2. The molecule has 0 aliphatic rings. The predicted octanol–water partition coefficient (Wildman–Crippen LogP) is 15.0. The Bertz CT molecular complexity index is 2630. The van der Waals surface area contributed by atoms with Crippen molar-refractivity contribution in [2.24, 2.45) is 0 Å². The summed E-state index contributed by atoms with van der Waals surface area (Å²) in [4.78, 5) is 13.5. The standard InChI is InChI=1S/C32H12BF24.C17H19OS/c34-25(35,36)13-1-14(26(37,38)39)6-21(5-13)33(22-7-15(27(40,41)42)2-16(8-22)28(43,44)45,23-9-17(29(46,47)48)3-18(10-23)30(49,50)51)24-11-19(31(52,53)54)4-20(12-24)32(55,56)57;1-13-9-10-14(2)17(11-13)19(3)12-16(18)15-7-5-4-6-8-15/h1-12H;4-11H,12H2,1-3H3/q-1;+1. The first-order valence-electron chi connectivity index (χ1n) is 21.0. The number of rotatable bonds is 8. The molecule has 0 saturated carbocycles. The van der Waals surface area contributed by atoms with Gasteiger partial charge in [-0.3, -0.25) is 4.79 Å². The molecule has 0 aliphatic heterocycles. The van der Waals surface area contributed by atoms with E-state index >= 15 is 0 Å². The molecule has 76 heavy (non-hydrogen) atoms.